The van der Waals surface area contributed by atoms with Crippen molar-refractivity contribution in [2.45, 2.75) is 85.7 Å². The molecule has 2 saturated heterocycles. The van der Waals surface area contributed by atoms with Gasteiger partial charge in [0.05, 0.1) is 28.9 Å². The second-order valence-electron chi connectivity index (χ2n) is 13.4. The van der Waals surface area contributed by atoms with Gasteiger partial charge in [-0.25, -0.2) is 21.6 Å². The molecule has 0 spiro atoms. The summed E-state index contributed by atoms with van der Waals surface area (Å²) in [4.78, 5) is 55.3. The Morgan fingerprint density at radius 1 is 0.824 bits per heavy atom. The van der Waals surface area contributed by atoms with Crippen LogP contribution in [-0.2, 0) is 39.0 Å². The number of likely N-dealkylation sites (tertiary alicyclic amines) is 1. The first-order valence-corrected chi connectivity index (χ1v) is 20.6. The molecule has 13 nitrogen and oxygen atoms in total. The van der Waals surface area contributed by atoms with Crippen molar-refractivity contribution in [1.29, 1.82) is 0 Å². The van der Waals surface area contributed by atoms with Gasteiger partial charge in [-0.15, -0.1) is 0 Å². The number of sulfone groups is 1. The summed E-state index contributed by atoms with van der Waals surface area (Å²) >= 11 is 0. The van der Waals surface area contributed by atoms with Gasteiger partial charge in [0, 0.05) is 17.4 Å². The first kappa shape index (κ1) is 38.3. The molecule has 15 heteroatoms. The predicted molar refractivity (Wildman–Crippen MR) is 190 cm³/mol. The number of benzene rings is 2. The van der Waals surface area contributed by atoms with Crippen LogP contribution in [0.25, 0.3) is 0 Å². The Morgan fingerprint density at radius 2 is 1.47 bits per heavy atom. The number of sulfonamides is 1. The fourth-order valence-corrected chi connectivity index (χ4v) is 9.37. The van der Waals surface area contributed by atoms with Gasteiger partial charge in [0.1, 0.15) is 6.04 Å². The van der Waals surface area contributed by atoms with Crippen LogP contribution >= 0.6 is 0 Å². The molecule has 2 unspecified atom stereocenters. The molecule has 0 bridgehead atoms. The highest BCUT2D eigenvalue weighted by Gasteiger charge is 2.48. The van der Waals surface area contributed by atoms with E-state index in [1.54, 1.807) is 36.4 Å². The van der Waals surface area contributed by atoms with E-state index < -0.39 is 43.8 Å². The molecule has 2 aromatic carbocycles. The summed E-state index contributed by atoms with van der Waals surface area (Å²) in [6, 6.07) is 13.4. The van der Waals surface area contributed by atoms with E-state index in [1.807, 2.05) is 0 Å². The number of fused-ring (bicyclic) bond motifs is 1. The van der Waals surface area contributed by atoms with Crippen molar-refractivity contribution in [1.82, 2.24) is 25.6 Å². The van der Waals surface area contributed by atoms with E-state index in [-0.39, 0.29) is 65.3 Å². The second kappa shape index (κ2) is 17.5. The zero-order valence-corrected chi connectivity index (χ0v) is 30.2. The molecule has 4 N–H and O–H groups in total. The maximum absolute atomic E-state index is 13.7. The second-order valence-corrected chi connectivity index (χ2v) is 16.9. The van der Waals surface area contributed by atoms with Crippen molar-refractivity contribution in [3.8, 4) is 0 Å². The van der Waals surface area contributed by atoms with E-state index in [4.69, 9.17) is 0 Å². The summed E-state index contributed by atoms with van der Waals surface area (Å²) in [5.41, 5.74) is 0. The van der Waals surface area contributed by atoms with Gasteiger partial charge in [-0.2, -0.15) is 0 Å². The zero-order valence-electron chi connectivity index (χ0n) is 28.5. The fraction of sp³-hybridized carbons (Fsp3) is 0.500. The largest absolute Gasteiger partial charge is 0.346 e. The third-order valence-corrected chi connectivity index (χ3v) is 12.8. The minimum Gasteiger partial charge on any atom is -0.346 e. The first-order valence-electron chi connectivity index (χ1n) is 17.6. The van der Waals surface area contributed by atoms with Crippen molar-refractivity contribution in [3.63, 3.8) is 0 Å². The van der Waals surface area contributed by atoms with Gasteiger partial charge in [-0.1, -0.05) is 55.3 Å². The maximum atomic E-state index is 13.7. The van der Waals surface area contributed by atoms with Crippen LogP contribution in [0.3, 0.4) is 0 Å². The Balaban J connectivity index is 1.21. The SMILES string of the molecule is O=C(N[C@@H](CC/C=C/S(=O)(=O)c1ccccc1)C(=O)CNCC(=O)N1C2CCCCC2C[C@H]1C(=O)NS(=O)(=O)c1ccccc1)C1CCNCC1. The topological polar surface area (TPSA) is 188 Å². The lowest BCUT2D eigenvalue weighted by Crippen LogP contribution is -2.53. The average molecular weight is 742 g/mol. The minimum atomic E-state index is -4.14. The van der Waals surface area contributed by atoms with Gasteiger partial charge in [0.15, 0.2) is 15.6 Å². The first-order chi connectivity index (χ1) is 24.5. The Labute approximate surface area is 300 Å². The van der Waals surface area contributed by atoms with Crippen molar-refractivity contribution in [2.24, 2.45) is 11.8 Å². The zero-order chi connectivity index (χ0) is 36.4. The van der Waals surface area contributed by atoms with Crippen LogP contribution in [0.1, 0.15) is 57.8 Å². The number of allylic oxidation sites excluding steroid dienone is 1. The number of ketones is 1. The number of nitrogens with one attached hydrogen (secondary N) is 4. The molecule has 276 valence electrons. The number of rotatable bonds is 15. The molecule has 3 amide bonds. The summed E-state index contributed by atoms with van der Waals surface area (Å²) in [5.74, 6) is -1.99. The Kier molecular flexibility index (Phi) is 13.2. The van der Waals surface area contributed by atoms with Crippen LogP contribution in [0, 0.1) is 11.8 Å². The van der Waals surface area contributed by atoms with E-state index >= 15 is 0 Å². The molecule has 5 rings (SSSR count). The maximum Gasteiger partial charge on any atom is 0.264 e. The van der Waals surface area contributed by atoms with Crippen LogP contribution in [0.2, 0.25) is 0 Å². The van der Waals surface area contributed by atoms with Crippen LogP contribution < -0.4 is 20.7 Å². The van der Waals surface area contributed by atoms with Gasteiger partial charge < -0.3 is 20.9 Å². The highest BCUT2D eigenvalue weighted by molar-refractivity contribution is 7.94. The van der Waals surface area contributed by atoms with Crippen molar-refractivity contribution in [3.05, 3.63) is 72.1 Å². The lowest BCUT2D eigenvalue weighted by Gasteiger charge is -2.33. The highest BCUT2D eigenvalue weighted by atomic mass is 32.2. The summed E-state index contributed by atoms with van der Waals surface area (Å²) < 4.78 is 53.4. The quantitative estimate of drug-likeness (QED) is 0.211. The molecule has 1 aliphatic carbocycles. The summed E-state index contributed by atoms with van der Waals surface area (Å²) in [7, 11) is -7.81. The molecule has 2 heterocycles. The number of amides is 3. The Morgan fingerprint density at radius 3 is 2.16 bits per heavy atom. The summed E-state index contributed by atoms with van der Waals surface area (Å²) in [6.07, 6.45) is 6.81. The van der Waals surface area contributed by atoms with Crippen LogP contribution in [0.4, 0.5) is 0 Å². The van der Waals surface area contributed by atoms with Gasteiger partial charge in [-0.05, 0) is 88.2 Å². The molecule has 3 fully saturated rings. The van der Waals surface area contributed by atoms with E-state index in [0.717, 1.165) is 24.7 Å². The molecule has 0 radical (unpaired) electrons. The molecule has 0 aromatic heterocycles. The molecule has 3 aliphatic rings. The normalized spacial score (nSPS) is 21.9. The highest BCUT2D eigenvalue weighted by Crippen LogP contribution is 2.40. The van der Waals surface area contributed by atoms with Gasteiger partial charge in [0.25, 0.3) is 15.9 Å². The number of nitrogens with zero attached hydrogens (tertiary/aromatic N) is 1. The lowest BCUT2D eigenvalue weighted by molar-refractivity contribution is -0.139. The van der Waals surface area contributed by atoms with E-state index in [1.165, 1.54) is 35.2 Å². The lowest BCUT2D eigenvalue weighted by atomic mass is 9.84. The number of piperidine rings is 1. The molecular weight excluding hydrogens is 695 g/mol. The predicted octanol–water partition coefficient (Wildman–Crippen LogP) is 2.06. The third-order valence-electron chi connectivity index (χ3n) is 9.93. The molecule has 1 saturated carbocycles. The minimum absolute atomic E-state index is 0.0538. The molecule has 51 heavy (non-hydrogen) atoms. The van der Waals surface area contributed by atoms with E-state index in [0.29, 0.717) is 38.8 Å². The molecular formula is C36H47N5O8S2. The Hall–Kier alpha value is -3.92. The van der Waals surface area contributed by atoms with Gasteiger partial charge in [0.2, 0.25) is 11.8 Å². The van der Waals surface area contributed by atoms with Crippen molar-refractivity contribution in [2.75, 3.05) is 26.2 Å². The summed E-state index contributed by atoms with van der Waals surface area (Å²) in [6.45, 7) is 0.858. The number of hydrogen-bond acceptors (Lipinski definition) is 10. The van der Waals surface area contributed by atoms with Gasteiger partial charge in [-0.3, -0.25) is 19.2 Å². The molecule has 4 atom stereocenters. The van der Waals surface area contributed by atoms with Crippen LogP contribution in [0.15, 0.2) is 81.9 Å². The van der Waals surface area contributed by atoms with Gasteiger partial charge >= 0.3 is 0 Å². The fourth-order valence-electron chi connectivity index (χ4n) is 7.25. The number of hydrogen-bond donors (Lipinski definition) is 4. The van der Waals surface area contributed by atoms with Crippen LogP contribution in [0.5, 0.6) is 0 Å². The Bertz CT molecular complexity index is 1780. The average Bonchev–Trinajstić information content (AvgIpc) is 3.54. The monoisotopic (exact) mass is 741 g/mol. The standard InChI is InChI=1S/C36H47N5O8S2/c42-33(30(39-35(44)26-18-20-37-21-19-26)16-9-10-22-50(46,47)28-12-3-1-4-13-28)24-38-25-34(43)41-31-17-8-7-11-27(31)23-32(41)36(45)40-51(48,49)29-14-5-2-6-15-29/h1-6,10,12-15,22,26-27,30-32,37-38H,7-9,11,16-21,23-25H2,(H,39,44)(H,40,45)/b22-10+/t27?,30-,31?,32-/m0/s1. The van der Waals surface area contributed by atoms with Crippen molar-refractivity contribution < 1.29 is 36.0 Å². The van der Waals surface area contributed by atoms with Crippen LogP contribution in [-0.4, -0.2) is 89.5 Å². The van der Waals surface area contributed by atoms with Crippen molar-refractivity contribution >= 4 is 43.4 Å². The molecule has 2 aromatic rings. The van der Waals surface area contributed by atoms with E-state index in [9.17, 15) is 36.0 Å². The van der Waals surface area contributed by atoms with E-state index in [2.05, 4.69) is 20.7 Å². The molecule has 2 aliphatic heterocycles. The smallest absolute Gasteiger partial charge is 0.264 e. The number of Topliss-reactive ketones (excluding diaryl/α,β-unsaturated/α-hetero) is 1. The third kappa shape index (κ3) is 10.1. The number of carbonyl (C=O) groups excluding carboxylic acids is 4. The number of carbonyl (C=O) groups is 4. The summed E-state index contributed by atoms with van der Waals surface area (Å²) in [5, 5.41) is 10.1.